The summed E-state index contributed by atoms with van der Waals surface area (Å²) >= 11 is 1.44. The Kier molecular flexibility index (Phi) is 11.2. The lowest BCUT2D eigenvalue weighted by molar-refractivity contribution is -0.127. The summed E-state index contributed by atoms with van der Waals surface area (Å²) in [5.41, 5.74) is 5.04. The summed E-state index contributed by atoms with van der Waals surface area (Å²) in [4.78, 5) is 39.4. The van der Waals surface area contributed by atoms with Crippen LogP contribution < -0.4 is 25.0 Å². The Hall–Kier alpha value is -4.38. The number of anilines is 1. The lowest BCUT2D eigenvalue weighted by Gasteiger charge is -2.14. The van der Waals surface area contributed by atoms with E-state index < -0.39 is 18.0 Å². The predicted molar refractivity (Wildman–Crippen MR) is 166 cm³/mol. The molecule has 43 heavy (non-hydrogen) atoms. The number of rotatable bonds is 13. The lowest BCUT2D eigenvalue weighted by Crippen LogP contribution is -2.33. The topological polar surface area (TPSA) is 125 Å². The Morgan fingerprint density at radius 3 is 2.40 bits per heavy atom. The first kappa shape index (κ1) is 31.6. The average molecular weight is 608 g/mol. The van der Waals surface area contributed by atoms with Crippen molar-refractivity contribution in [1.82, 2.24) is 5.43 Å². The van der Waals surface area contributed by atoms with E-state index in [1.54, 1.807) is 50.2 Å². The molecule has 228 valence electrons. The molecular weight excluding hydrogens is 570 g/mol. The standard InChI is InChI=1S/C32H37N3O7S/c1-5-39-25-17-12-21(18-26(25)40-6-2)19-33-35-29(36)20(4)42-23-15-13-22(14-16-23)30(37)34-31-28(32(38)41-7-3)24-10-8-9-11-27(24)43-31/h12-20H,5-11H2,1-4H3,(H,34,37)(H,35,36). The highest BCUT2D eigenvalue weighted by molar-refractivity contribution is 7.17. The quantitative estimate of drug-likeness (QED) is 0.144. The van der Waals surface area contributed by atoms with Gasteiger partial charge in [0.1, 0.15) is 10.8 Å². The molecule has 2 aromatic carbocycles. The zero-order valence-electron chi connectivity index (χ0n) is 24.9. The fraction of sp³-hybridized carbons (Fsp3) is 0.375. The molecule has 0 spiro atoms. The van der Waals surface area contributed by atoms with Crippen molar-refractivity contribution < 1.29 is 33.3 Å². The van der Waals surface area contributed by atoms with Crippen LogP contribution in [-0.4, -0.2) is 49.9 Å². The van der Waals surface area contributed by atoms with Crippen molar-refractivity contribution in [1.29, 1.82) is 0 Å². The molecule has 2 N–H and O–H groups in total. The number of benzene rings is 2. The van der Waals surface area contributed by atoms with E-state index in [-0.39, 0.29) is 12.5 Å². The van der Waals surface area contributed by atoms with E-state index in [2.05, 4.69) is 15.8 Å². The van der Waals surface area contributed by atoms with E-state index in [1.165, 1.54) is 17.6 Å². The first-order valence-electron chi connectivity index (χ1n) is 14.5. The Bertz CT molecular complexity index is 1470. The lowest BCUT2D eigenvalue weighted by atomic mass is 9.95. The van der Waals surface area contributed by atoms with Gasteiger partial charge in [0.05, 0.1) is 31.6 Å². The van der Waals surface area contributed by atoms with Crippen LogP contribution in [0.1, 0.15) is 77.3 Å². The van der Waals surface area contributed by atoms with Crippen LogP contribution in [0.5, 0.6) is 17.2 Å². The second-order valence-corrected chi connectivity index (χ2v) is 10.8. The normalized spacial score (nSPS) is 13.1. The van der Waals surface area contributed by atoms with Crippen molar-refractivity contribution in [3.05, 3.63) is 69.6 Å². The number of aryl methyl sites for hydroxylation is 1. The number of nitrogens with one attached hydrogen (secondary N) is 2. The zero-order valence-corrected chi connectivity index (χ0v) is 25.7. The number of ether oxygens (including phenoxy) is 4. The Balaban J connectivity index is 1.34. The molecule has 0 aliphatic heterocycles. The van der Waals surface area contributed by atoms with Crippen LogP contribution in [0.2, 0.25) is 0 Å². The van der Waals surface area contributed by atoms with Gasteiger partial charge in [-0.1, -0.05) is 0 Å². The number of thiophene rings is 1. The third kappa shape index (κ3) is 8.13. The van der Waals surface area contributed by atoms with Gasteiger partial charge in [-0.25, -0.2) is 10.2 Å². The van der Waals surface area contributed by atoms with Gasteiger partial charge in [-0.2, -0.15) is 5.10 Å². The van der Waals surface area contributed by atoms with Crippen LogP contribution in [0.15, 0.2) is 47.6 Å². The number of hydrogen-bond donors (Lipinski definition) is 2. The van der Waals surface area contributed by atoms with Crippen molar-refractivity contribution in [3.63, 3.8) is 0 Å². The molecule has 11 heteroatoms. The summed E-state index contributed by atoms with van der Waals surface area (Å²) in [5, 5.41) is 7.44. The van der Waals surface area contributed by atoms with Crippen molar-refractivity contribution >= 4 is 40.3 Å². The maximum Gasteiger partial charge on any atom is 0.341 e. The van der Waals surface area contributed by atoms with E-state index in [9.17, 15) is 14.4 Å². The van der Waals surface area contributed by atoms with Gasteiger partial charge in [0, 0.05) is 10.4 Å². The highest BCUT2D eigenvalue weighted by atomic mass is 32.1. The van der Waals surface area contributed by atoms with Gasteiger partial charge < -0.3 is 24.3 Å². The third-order valence-corrected chi connectivity index (χ3v) is 7.84. The number of amides is 2. The fourth-order valence-corrected chi connectivity index (χ4v) is 5.87. The molecule has 1 aromatic heterocycles. The SMILES string of the molecule is CCOC(=O)c1c(NC(=O)c2ccc(OC(C)C(=O)NN=Cc3ccc(OCC)c(OCC)c3)cc2)sc2c1CCCC2. The molecule has 1 unspecified atom stereocenters. The van der Waals surface area contributed by atoms with Crippen LogP contribution in [0, 0.1) is 0 Å². The van der Waals surface area contributed by atoms with Gasteiger partial charge in [0.25, 0.3) is 11.8 Å². The second kappa shape index (κ2) is 15.2. The zero-order chi connectivity index (χ0) is 30.8. The number of hydrazone groups is 1. The van der Waals surface area contributed by atoms with Crippen LogP contribution in [0.25, 0.3) is 0 Å². The Morgan fingerprint density at radius 1 is 0.953 bits per heavy atom. The summed E-state index contributed by atoms with van der Waals surface area (Å²) < 4.78 is 22.2. The maximum atomic E-state index is 13.1. The summed E-state index contributed by atoms with van der Waals surface area (Å²) in [7, 11) is 0. The number of carbonyl (C=O) groups is 3. The molecular formula is C32H37N3O7S. The molecule has 1 atom stereocenters. The van der Waals surface area contributed by atoms with Gasteiger partial charge in [-0.05, 0) is 107 Å². The minimum absolute atomic E-state index is 0.263. The van der Waals surface area contributed by atoms with Gasteiger partial charge >= 0.3 is 5.97 Å². The molecule has 0 fully saturated rings. The maximum absolute atomic E-state index is 13.1. The molecule has 1 aliphatic carbocycles. The summed E-state index contributed by atoms with van der Waals surface area (Å²) in [6, 6.07) is 11.8. The Morgan fingerprint density at radius 2 is 1.67 bits per heavy atom. The van der Waals surface area contributed by atoms with Crippen LogP contribution in [0.4, 0.5) is 5.00 Å². The number of fused-ring (bicyclic) bond motifs is 1. The van der Waals surface area contributed by atoms with E-state index in [0.717, 1.165) is 41.7 Å². The molecule has 0 saturated heterocycles. The molecule has 0 bridgehead atoms. The van der Waals surface area contributed by atoms with E-state index in [0.29, 0.717) is 46.6 Å². The van der Waals surface area contributed by atoms with Crippen LogP contribution >= 0.6 is 11.3 Å². The van der Waals surface area contributed by atoms with Crippen molar-refractivity contribution in [2.75, 3.05) is 25.1 Å². The average Bonchev–Trinajstić information content (AvgIpc) is 3.37. The van der Waals surface area contributed by atoms with E-state index in [4.69, 9.17) is 18.9 Å². The Labute approximate surface area is 255 Å². The van der Waals surface area contributed by atoms with Crippen LogP contribution in [0.3, 0.4) is 0 Å². The van der Waals surface area contributed by atoms with Crippen molar-refractivity contribution in [2.45, 2.75) is 59.5 Å². The third-order valence-electron chi connectivity index (χ3n) is 6.63. The van der Waals surface area contributed by atoms with Gasteiger partial charge in [-0.15, -0.1) is 11.3 Å². The minimum atomic E-state index is -0.847. The van der Waals surface area contributed by atoms with E-state index >= 15 is 0 Å². The number of carbonyl (C=O) groups excluding carboxylic acids is 3. The van der Waals surface area contributed by atoms with E-state index in [1.807, 2.05) is 19.9 Å². The van der Waals surface area contributed by atoms with Crippen molar-refractivity contribution in [3.8, 4) is 17.2 Å². The summed E-state index contributed by atoms with van der Waals surface area (Å²) in [6.45, 7) is 8.43. The van der Waals surface area contributed by atoms with Gasteiger partial charge in [0.15, 0.2) is 17.6 Å². The van der Waals surface area contributed by atoms with Gasteiger partial charge in [0.2, 0.25) is 0 Å². The highest BCUT2D eigenvalue weighted by Gasteiger charge is 2.27. The largest absolute Gasteiger partial charge is 0.490 e. The monoisotopic (exact) mass is 607 g/mol. The molecule has 0 saturated carbocycles. The molecule has 3 aromatic rings. The molecule has 1 aliphatic rings. The molecule has 10 nitrogen and oxygen atoms in total. The molecule has 1 heterocycles. The number of hydrogen-bond acceptors (Lipinski definition) is 9. The minimum Gasteiger partial charge on any atom is -0.490 e. The second-order valence-electron chi connectivity index (χ2n) is 9.68. The predicted octanol–water partition coefficient (Wildman–Crippen LogP) is 5.77. The number of esters is 1. The smallest absolute Gasteiger partial charge is 0.341 e. The fourth-order valence-electron chi connectivity index (χ4n) is 4.60. The van der Waals surface area contributed by atoms with Crippen LogP contribution in [-0.2, 0) is 22.4 Å². The van der Waals surface area contributed by atoms with Crippen molar-refractivity contribution in [2.24, 2.45) is 5.10 Å². The first-order chi connectivity index (χ1) is 20.8. The molecule has 2 amide bonds. The molecule has 0 radical (unpaired) electrons. The summed E-state index contributed by atoms with van der Waals surface area (Å²) in [6.07, 6.45) is 4.42. The van der Waals surface area contributed by atoms with Gasteiger partial charge in [-0.3, -0.25) is 9.59 Å². The highest BCUT2D eigenvalue weighted by Crippen LogP contribution is 2.39. The summed E-state index contributed by atoms with van der Waals surface area (Å²) in [5.74, 6) is 0.451. The number of nitrogens with zero attached hydrogens (tertiary/aromatic N) is 1. The molecule has 4 rings (SSSR count). The first-order valence-corrected chi connectivity index (χ1v) is 15.3.